The Morgan fingerprint density at radius 1 is 1.15 bits per heavy atom. The van der Waals surface area contributed by atoms with Crippen LogP contribution < -0.4 is 10.6 Å². The smallest absolute Gasteiger partial charge is 0.228 e. The molecule has 4 heteroatoms. The summed E-state index contributed by atoms with van der Waals surface area (Å²) >= 11 is 3.45. The van der Waals surface area contributed by atoms with Crippen LogP contribution in [0.5, 0.6) is 0 Å². The van der Waals surface area contributed by atoms with Crippen LogP contribution in [0.4, 0.5) is 5.69 Å². The van der Waals surface area contributed by atoms with Crippen molar-refractivity contribution in [3.63, 3.8) is 0 Å². The molecule has 2 rings (SSSR count). The topological polar surface area (TPSA) is 41.1 Å². The zero-order chi connectivity index (χ0) is 14.4. The van der Waals surface area contributed by atoms with Crippen LogP contribution in [0.15, 0.2) is 53.0 Å². The summed E-state index contributed by atoms with van der Waals surface area (Å²) in [6.07, 6.45) is 0.359. The van der Waals surface area contributed by atoms with Gasteiger partial charge in [0.15, 0.2) is 0 Å². The molecule has 2 aromatic carbocycles. The Balaban J connectivity index is 2.01. The van der Waals surface area contributed by atoms with Crippen molar-refractivity contribution in [1.82, 2.24) is 5.32 Å². The molecule has 104 valence electrons. The number of anilines is 1. The lowest BCUT2D eigenvalue weighted by Gasteiger charge is -2.08. The maximum atomic E-state index is 12.1. The highest BCUT2D eigenvalue weighted by molar-refractivity contribution is 9.10. The van der Waals surface area contributed by atoms with Crippen molar-refractivity contribution in [3.05, 3.63) is 64.1 Å². The number of carbonyl (C=O) groups is 1. The van der Waals surface area contributed by atoms with E-state index in [9.17, 15) is 4.79 Å². The molecule has 0 aromatic heterocycles. The van der Waals surface area contributed by atoms with Crippen LogP contribution in [0.2, 0.25) is 0 Å². The summed E-state index contributed by atoms with van der Waals surface area (Å²) in [5.41, 5.74) is 2.96. The summed E-state index contributed by atoms with van der Waals surface area (Å²) in [6, 6.07) is 15.6. The quantitative estimate of drug-likeness (QED) is 0.881. The van der Waals surface area contributed by atoms with Crippen molar-refractivity contribution in [2.75, 3.05) is 12.4 Å². The Hall–Kier alpha value is -1.65. The number of benzene rings is 2. The maximum absolute atomic E-state index is 12.1. The van der Waals surface area contributed by atoms with Gasteiger partial charge >= 0.3 is 0 Å². The third kappa shape index (κ3) is 4.18. The summed E-state index contributed by atoms with van der Waals surface area (Å²) in [4.78, 5) is 12.1. The van der Waals surface area contributed by atoms with Crippen LogP contribution in [-0.2, 0) is 17.8 Å². The maximum Gasteiger partial charge on any atom is 0.228 e. The molecular formula is C16H17BrN2O. The van der Waals surface area contributed by atoms with Crippen molar-refractivity contribution in [2.24, 2.45) is 0 Å². The minimum absolute atomic E-state index is 0.0153. The fraction of sp³-hybridized carbons (Fsp3) is 0.188. The first-order valence-corrected chi connectivity index (χ1v) is 7.25. The number of amides is 1. The molecule has 0 unspecified atom stereocenters. The molecular weight excluding hydrogens is 316 g/mol. The van der Waals surface area contributed by atoms with Crippen molar-refractivity contribution >= 4 is 27.5 Å². The van der Waals surface area contributed by atoms with Gasteiger partial charge in [0, 0.05) is 16.7 Å². The van der Waals surface area contributed by atoms with E-state index in [0.29, 0.717) is 6.42 Å². The highest BCUT2D eigenvalue weighted by Crippen LogP contribution is 2.17. The molecule has 0 atom stereocenters. The van der Waals surface area contributed by atoms with E-state index in [-0.39, 0.29) is 5.91 Å². The van der Waals surface area contributed by atoms with E-state index >= 15 is 0 Å². The molecule has 2 N–H and O–H groups in total. The SMILES string of the molecule is CNCc1cccc(NC(=O)Cc2ccccc2Br)c1. The van der Waals surface area contributed by atoms with E-state index in [1.165, 1.54) is 0 Å². The van der Waals surface area contributed by atoms with Gasteiger partial charge in [0.25, 0.3) is 0 Å². The van der Waals surface area contributed by atoms with E-state index in [2.05, 4.69) is 26.6 Å². The van der Waals surface area contributed by atoms with Gasteiger partial charge in [0.05, 0.1) is 6.42 Å². The summed E-state index contributed by atoms with van der Waals surface area (Å²) in [5.74, 6) is -0.0153. The molecule has 0 saturated carbocycles. The summed E-state index contributed by atoms with van der Waals surface area (Å²) in [7, 11) is 1.90. The van der Waals surface area contributed by atoms with E-state index in [1.807, 2.05) is 55.6 Å². The largest absolute Gasteiger partial charge is 0.326 e. The lowest BCUT2D eigenvalue weighted by atomic mass is 10.1. The van der Waals surface area contributed by atoms with Gasteiger partial charge in [-0.1, -0.05) is 46.3 Å². The van der Waals surface area contributed by atoms with Crippen molar-refractivity contribution in [1.29, 1.82) is 0 Å². The van der Waals surface area contributed by atoms with Gasteiger partial charge in [-0.2, -0.15) is 0 Å². The van der Waals surface area contributed by atoms with Crippen LogP contribution in [0.1, 0.15) is 11.1 Å². The first-order chi connectivity index (χ1) is 9.69. The number of hydrogen-bond acceptors (Lipinski definition) is 2. The summed E-state index contributed by atoms with van der Waals surface area (Å²) in [5, 5.41) is 6.02. The fourth-order valence-electron chi connectivity index (χ4n) is 1.98. The summed E-state index contributed by atoms with van der Waals surface area (Å²) in [6.45, 7) is 0.786. The van der Waals surface area contributed by atoms with Gasteiger partial charge < -0.3 is 10.6 Å². The van der Waals surface area contributed by atoms with Crippen molar-refractivity contribution in [3.8, 4) is 0 Å². The summed E-state index contributed by atoms with van der Waals surface area (Å²) < 4.78 is 0.957. The van der Waals surface area contributed by atoms with Crippen LogP contribution in [-0.4, -0.2) is 13.0 Å². The van der Waals surface area contributed by atoms with Crippen molar-refractivity contribution in [2.45, 2.75) is 13.0 Å². The molecule has 2 aromatic rings. The number of rotatable bonds is 5. The molecule has 0 spiro atoms. The van der Waals surface area contributed by atoms with Gasteiger partial charge in [-0.15, -0.1) is 0 Å². The van der Waals surface area contributed by atoms with Crippen LogP contribution in [0.3, 0.4) is 0 Å². The molecule has 0 heterocycles. The van der Waals surface area contributed by atoms with Crippen LogP contribution >= 0.6 is 15.9 Å². The minimum atomic E-state index is -0.0153. The second-order valence-corrected chi connectivity index (χ2v) is 5.40. The number of halogens is 1. The fourth-order valence-corrected chi connectivity index (χ4v) is 2.41. The Labute approximate surface area is 127 Å². The Bertz CT molecular complexity index is 599. The van der Waals surface area contributed by atoms with Crippen LogP contribution in [0, 0.1) is 0 Å². The standard InChI is InChI=1S/C16H17BrN2O/c1-18-11-12-5-4-7-14(9-12)19-16(20)10-13-6-2-3-8-15(13)17/h2-9,18H,10-11H2,1H3,(H,19,20). The van der Waals surface area contributed by atoms with Gasteiger partial charge in [-0.05, 0) is 36.4 Å². The molecule has 1 amide bonds. The minimum Gasteiger partial charge on any atom is -0.326 e. The highest BCUT2D eigenvalue weighted by atomic mass is 79.9. The zero-order valence-electron chi connectivity index (χ0n) is 11.3. The van der Waals surface area contributed by atoms with Crippen molar-refractivity contribution < 1.29 is 4.79 Å². The predicted molar refractivity (Wildman–Crippen MR) is 85.7 cm³/mol. The average molecular weight is 333 g/mol. The molecule has 0 aliphatic rings. The number of hydrogen-bond donors (Lipinski definition) is 2. The second-order valence-electron chi connectivity index (χ2n) is 4.55. The second kappa shape index (κ2) is 7.22. The van der Waals surface area contributed by atoms with Gasteiger partial charge in [0.2, 0.25) is 5.91 Å². The average Bonchev–Trinajstić information content (AvgIpc) is 2.42. The predicted octanol–water partition coefficient (Wildman–Crippen LogP) is 3.35. The third-order valence-electron chi connectivity index (χ3n) is 2.90. The molecule has 0 fully saturated rings. The normalized spacial score (nSPS) is 10.3. The van der Waals surface area contributed by atoms with E-state index in [1.54, 1.807) is 0 Å². The van der Waals surface area contributed by atoms with E-state index < -0.39 is 0 Å². The Kier molecular flexibility index (Phi) is 5.32. The third-order valence-corrected chi connectivity index (χ3v) is 3.67. The molecule has 0 bridgehead atoms. The zero-order valence-corrected chi connectivity index (χ0v) is 12.9. The monoisotopic (exact) mass is 332 g/mol. The van der Waals surface area contributed by atoms with Gasteiger partial charge in [0.1, 0.15) is 0 Å². The number of nitrogens with one attached hydrogen (secondary N) is 2. The van der Waals surface area contributed by atoms with E-state index in [0.717, 1.165) is 27.8 Å². The first-order valence-electron chi connectivity index (χ1n) is 6.46. The molecule has 0 radical (unpaired) electrons. The number of carbonyl (C=O) groups excluding carboxylic acids is 1. The first kappa shape index (κ1) is 14.8. The lowest BCUT2D eigenvalue weighted by molar-refractivity contribution is -0.115. The molecule has 0 aliphatic carbocycles. The van der Waals surface area contributed by atoms with E-state index in [4.69, 9.17) is 0 Å². The molecule has 0 aliphatic heterocycles. The molecule has 3 nitrogen and oxygen atoms in total. The Morgan fingerprint density at radius 3 is 2.70 bits per heavy atom. The Morgan fingerprint density at radius 2 is 1.95 bits per heavy atom. The van der Waals surface area contributed by atoms with Gasteiger partial charge in [-0.25, -0.2) is 0 Å². The molecule has 20 heavy (non-hydrogen) atoms. The molecule has 0 saturated heterocycles. The highest BCUT2D eigenvalue weighted by Gasteiger charge is 2.07. The van der Waals surface area contributed by atoms with Gasteiger partial charge in [-0.3, -0.25) is 4.79 Å². The lowest BCUT2D eigenvalue weighted by Crippen LogP contribution is -2.15. The van der Waals surface area contributed by atoms with Crippen LogP contribution in [0.25, 0.3) is 0 Å².